The second kappa shape index (κ2) is 15.9. The topological polar surface area (TPSA) is 107 Å². The molecule has 2 aromatic rings. The summed E-state index contributed by atoms with van der Waals surface area (Å²) in [6, 6.07) is 8.45. The SMILES string of the molecule is CCCCCCCCCCc1ccc(-c2noc(CC3CN(/C(=C\C(=O)OC(C)(C)C)NC(=O)OC(C)(C)C)C3)n2)cc1. The van der Waals surface area contributed by atoms with E-state index < -0.39 is 23.3 Å². The van der Waals surface area contributed by atoms with Crippen LogP contribution in [0.1, 0.15) is 111 Å². The summed E-state index contributed by atoms with van der Waals surface area (Å²) >= 11 is 0. The standard InChI is InChI=1S/C34H52N4O5/c1-8-9-10-11-12-13-14-15-16-25-17-19-27(20-18-25)31-36-29(43-37-31)21-26-23-38(24-26)28(22-30(39)41-33(2,3)4)35-32(40)42-34(5,6)7/h17-20,22,26H,8-16,21,23-24H2,1-7H3,(H,35,40)/b28-22-. The number of esters is 1. The Balaban J connectivity index is 1.48. The fraction of sp³-hybridized carbons (Fsp3) is 0.647. The Morgan fingerprint density at radius 1 is 0.930 bits per heavy atom. The number of likely N-dealkylation sites (tertiary alicyclic amines) is 1. The number of rotatable bonds is 15. The van der Waals surface area contributed by atoms with Gasteiger partial charge < -0.3 is 18.9 Å². The molecule has 1 saturated heterocycles. The third kappa shape index (κ3) is 12.8. The van der Waals surface area contributed by atoms with Gasteiger partial charge in [0.2, 0.25) is 11.7 Å². The molecule has 1 amide bonds. The first kappa shape index (κ1) is 34.1. The van der Waals surface area contributed by atoms with E-state index in [1.165, 1.54) is 63.0 Å². The first-order valence-corrected chi connectivity index (χ1v) is 15.9. The number of nitrogens with one attached hydrogen (secondary N) is 1. The second-order valence-corrected chi connectivity index (χ2v) is 13.6. The van der Waals surface area contributed by atoms with Crippen LogP contribution in [0.3, 0.4) is 0 Å². The van der Waals surface area contributed by atoms with Crippen LogP contribution in [0, 0.1) is 5.92 Å². The van der Waals surface area contributed by atoms with Gasteiger partial charge >= 0.3 is 12.1 Å². The van der Waals surface area contributed by atoms with Crippen molar-refractivity contribution in [1.82, 2.24) is 20.4 Å². The lowest BCUT2D eigenvalue weighted by Crippen LogP contribution is -2.51. The fourth-order valence-corrected chi connectivity index (χ4v) is 4.94. The monoisotopic (exact) mass is 596 g/mol. The van der Waals surface area contributed by atoms with Crippen molar-refractivity contribution in [3.63, 3.8) is 0 Å². The third-order valence-electron chi connectivity index (χ3n) is 7.05. The summed E-state index contributed by atoms with van der Waals surface area (Å²) < 4.78 is 16.4. The van der Waals surface area contributed by atoms with Crippen LogP contribution in [0.5, 0.6) is 0 Å². The molecule has 1 aliphatic rings. The lowest BCUT2D eigenvalue weighted by Gasteiger charge is -2.41. The number of amides is 1. The van der Waals surface area contributed by atoms with E-state index in [0.29, 0.717) is 37.0 Å². The molecule has 0 spiro atoms. The fourth-order valence-electron chi connectivity index (χ4n) is 4.94. The Bertz CT molecular complexity index is 1180. The lowest BCUT2D eigenvalue weighted by atomic mass is 9.96. The van der Waals surface area contributed by atoms with Crippen LogP contribution < -0.4 is 5.32 Å². The number of aromatic nitrogens is 2. The molecule has 0 aliphatic carbocycles. The van der Waals surface area contributed by atoms with Gasteiger partial charge in [0.15, 0.2) is 0 Å². The van der Waals surface area contributed by atoms with Crippen LogP contribution in [-0.2, 0) is 27.1 Å². The van der Waals surface area contributed by atoms with Gasteiger partial charge in [-0.05, 0) is 59.9 Å². The Kier molecular flexibility index (Phi) is 12.6. The summed E-state index contributed by atoms with van der Waals surface area (Å²) in [6.45, 7) is 14.2. The molecular weight excluding hydrogens is 544 g/mol. The van der Waals surface area contributed by atoms with E-state index in [-0.39, 0.29) is 5.92 Å². The van der Waals surface area contributed by atoms with Gasteiger partial charge in [-0.15, -0.1) is 0 Å². The quantitative estimate of drug-likeness (QED) is 0.127. The number of carbonyl (C=O) groups excluding carboxylic acids is 2. The van der Waals surface area contributed by atoms with Gasteiger partial charge in [-0.25, -0.2) is 9.59 Å². The molecule has 0 unspecified atom stereocenters. The molecule has 0 saturated carbocycles. The van der Waals surface area contributed by atoms with Gasteiger partial charge in [-0.3, -0.25) is 5.32 Å². The Hall–Kier alpha value is -3.36. The van der Waals surface area contributed by atoms with Crippen LogP contribution in [-0.4, -0.2) is 51.4 Å². The number of aryl methyl sites for hydroxylation is 1. The van der Waals surface area contributed by atoms with Gasteiger partial charge in [0, 0.05) is 31.0 Å². The highest BCUT2D eigenvalue weighted by atomic mass is 16.6. The number of hydrogen-bond donors (Lipinski definition) is 1. The average molecular weight is 597 g/mol. The molecule has 2 heterocycles. The van der Waals surface area contributed by atoms with Crippen molar-refractivity contribution in [1.29, 1.82) is 0 Å². The molecule has 238 valence electrons. The summed E-state index contributed by atoms with van der Waals surface area (Å²) in [4.78, 5) is 31.4. The van der Waals surface area contributed by atoms with Crippen molar-refractivity contribution in [2.45, 2.75) is 124 Å². The van der Waals surface area contributed by atoms with Crippen molar-refractivity contribution in [3.8, 4) is 11.4 Å². The van der Waals surface area contributed by atoms with Crippen LogP contribution in [0.2, 0.25) is 0 Å². The molecule has 3 rings (SSSR count). The first-order valence-electron chi connectivity index (χ1n) is 15.9. The van der Waals surface area contributed by atoms with Gasteiger partial charge in [0.1, 0.15) is 17.0 Å². The maximum atomic E-state index is 12.5. The zero-order valence-electron chi connectivity index (χ0n) is 27.3. The molecule has 0 radical (unpaired) electrons. The number of nitrogens with zero attached hydrogens (tertiary/aromatic N) is 3. The van der Waals surface area contributed by atoms with Gasteiger partial charge in [0.05, 0.1) is 6.08 Å². The smallest absolute Gasteiger partial charge is 0.413 e. The Labute approximate surface area is 257 Å². The van der Waals surface area contributed by atoms with Gasteiger partial charge in [-0.2, -0.15) is 4.98 Å². The number of carbonyl (C=O) groups is 2. The van der Waals surface area contributed by atoms with E-state index in [2.05, 4.69) is 46.6 Å². The summed E-state index contributed by atoms with van der Waals surface area (Å²) in [6.07, 6.45) is 13.0. The Morgan fingerprint density at radius 3 is 2.14 bits per heavy atom. The molecule has 43 heavy (non-hydrogen) atoms. The molecule has 9 heteroatoms. The minimum atomic E-state index is -0.665. The van der Waals surface area contributed by atoms with Gasteiger partial charge in [-0.1, -0.05) is 81.3 Å². The molecule has 1 aromatic heterocycles. The van der Waals surface area contributed by atoms with Crippen LogP contribution in [0.4, 0.5) is 4.79 Å². The number of alkyl carbamates (subject to hydrolysis) is 1. The van der Waals surface area contributed by atoms with Crippen molar-refractivity contribution in [2.75, 3.05) is 13.1 Å². The normalized spacial score (nSPS) is 14.4. The molecular formula is C34H52N4O5. The van der Waals surface area contributed by atoms with Crippen molar-refractivity contribution in [2.24, 2.45) is 5.92 Å². The first-order chi connectivity index (χ1) is 20.3. The highest BCUT2D eigenvalue weighted by Gasteiger charge is 2.32. The minimum Gasteiger partial charge on any atom is -0.457 e. The molecule has 1 aliphatic heterocycles. The van der Waals surface area contributed by atoms with E-state index in [1.807, 2.05) is 4.90 Å². The summed E-state index contributed by atoms with van der Waals surface area (Å²) in [7, 11) is 0. The van der Waals surface area contributed by atoms with Gasteiger partial charge in [0.25, 0.3) is 0 Å². The van der Waals surface area contributed by atoms with Crippen LogP contribution in [0.25, 0.3) is 11.4 Å². The molecule has 9 nitrogen and oxygen atoms in total. The zero-order chi connectivity index (χ0) is 31.5. The lowest BCUT2D eigenvalue weighted by molar-refractivity contribution is -0.148. The molecule has 1 fully saturated rings. The molecule has 0 bridgehead atoms. The molecule has 1 aromatic carbocycles. The maximum absolute atomic E-state index is 12.5. The number of unbranched alkanes of at least 4 members (excludes halogenated alkanes) is 7. The zero-order valence-corrected chi connectivity index (χ0v) is 27.3. The highest BCUT2D eigenvalue weighted by Crippen LogP contribution is 2.25. The number of benzene rings is 1. The summed E-state index contributed by atoms with van der Waals surface area (Å²) in [5.41, 5.74) is 0.963. The predicted molar refractivity (Wildman–Crippen MR) is 168 cm³/mol. The average Bonchev–Trinajstić information content (AvgIpc) is 3.34. The number of hydrogen-bond acceptors (Lipinski definition) is 8. The largest absolute Gasteiger partial charge is 0.457 e. The van der Waals surface area contributed by atoms with Crippen molar-refractivity contribution in [3.05, 3.63) is 47.6 Å². The van der Waals surface area contributed by atoms with E-state index in [0.717, 1.165) is 12.0 Å². The van der Waals surface area contributed by atoms with E-state index in [4.69, 9.17) is 14.0 Å². The number of ether oxygens (including phenoxy) is 2. The van der Waals surface area contributed by atoms with E-state index in [9.17, 15) is 9.59 Å². The molecule has 1 N–H and O–H groups in total. The third-order valence-corrected chi connectivity index (χ3v) is 7.05. The van der Waals surface area contributed by atoms with E-state index in [1.54, 1.807) is 41.5 Å². The van der Waals surface area contributed by atoms with Crippen molar-refractivity contribution < 1.29 is 23.6 Å². The van der Waals surface area contributed by atoms with Crippen LogP contribution in [0.15, 0.2) is 40.7 Å². The Morgan fingerprint density at radius 2 is 1.53 bits per heavy atom. The second-order valence-electron chi connectivity index (χ2n) is 13.6. The minimum absolute atomic E-state index is 0.227. The predicted octanol–water partition coefficient (Wildman–Crippen LogP) is 7.60. The van der Waals surface area contributed by atoms with E-state index >= 15 is 0 Å². The van der Waals surface area contributed by atoms with Crippen molar-refractivity contribution >= 4 is 12.1 Å². The highest BCUT2D eigenvalue weighted by molar-refractivity contribution is 5.84. The summed E-state index contributed by atoms with van der Waals surface area (Å²) in [5, 5.41) is 6.91. The molecule has 0 atom stereocenters. The van der Waals surface area contributed by atoms with Crippen LogP contribution >= 0.6 is 0 Å². The summed E-state index contributed by atoms with van der Waals surface area (Å²) in [5.74, 6) is 1.19. The maximum Gasteiger partial charge on any atom is 0.413 e.